The third-order valence-corrected chi connectivity index (χ3v) is 3.86. The molecule has 0 radical (unpaired) electrons. The highest BCUT2D eigenvalue weighted by Gasteiger charge is 2.16. The van der Waals surface area contributed by atoms with E-state index < -0.39 is 6.10 Å². The topological polar surface area (TPSA) is 61.4 Å². The maximum Gasteiger partial charge on any atom is 0.315 e. The van der Waals surface area contributed by atoms with Crippen molar-refractivity contribution in [3.8, 4) is 0 Å². The van der Waals surface area contributed by atoms with Gasteiger partial charge in [-0.3, -0.25) is 0 Å². The van der Waals surface area contributed by atoms with Gasteiger partial charge in [0, 0.05) is 17.6 Å². The van der Waals surface area contributed by atoms with Crippen molar-refractivity contribution in [2.75, 3.05) is 6.54 Å². The number of amides is 2. The van der Waals surface area contributed by atoms with Crippen molar-refractivity contribution in [3.05, 3.63) is 34.9 Å². The van der Waals surface area contributed by atoms with Crippen LogP contribution >= 0.6 is 11.6 Å². The van der Waals surface area contributed by atoms with Crippen LogP contribution in [0, 0.1) is 0 Å². The van der Waals surface area contributed by atoms with E-state index in [4.69, 9.17) is 11.6 Å². The average Bonchev–Trinajstić information content (AvgIpc) is 2.91. The summed E-state index contributed by atoms with van der Waals surface area (Å²) in [7, 11) is 0. The number of hydrogen-bond donors (Lipinski definition) is 3. The molecule has 2 rings (SSSR count). The van der Waals surface area contributed by atoms with Gasteiger partial charge in [-0.1, -0.05) is 36.6 Å². The molecule has 0 aromatic heterocycles. The number of aliphatic hydroxyl groups excluding tert-OH is 1. The highest BCUT2D eigenvalue weighted by Crippen LogP contribution is 2.20. The quantitative estimate of drug-likeness (QED) is 0.782. The lowest BCUT2D eigenvalue weighted by molar-refractivity contribution is 0.166. The van der Waals surface area contributed by atoms with Crippen LogP contribution < -0.4 is 10.6 Å². The Bertz CT molecular complexity index is 447. The molecule has 5 heteroatoms. The van der Waals surface area contributed by atoms with Gasteiger partial charge in [-0.25, -0.2) is 4.79 Å². The molecule has 0 saturated heterocycles. The Hall–Kier alpha value is -1.26. The number of urea groups is 1. The molecular weight excluding hydrogens is 276 g/mol. The second-order valence-electron chi connectivity index (χ2n) is 5.24. The van der Waals surface area contributed by atoms with Crippen LogP contribution in [0.15, 0.2) is 24.3 Å². The standard InChI is InChI=1S/C15H21ClN2O2/c16-12-5-3-4-11(10-12)14(19)8-9-17-15(20)18-13-6-1-2-7-13/h3-5,10,13-14,19H,1-2,6-9H2,(H2,17,18,20)/t14-/m1/s1. The molecule has 1 aromatic rings. The molecule has 4 nitrogen and oxygen atoms in total. The van der Waals surface area contributed by atoms with E-state index in [2.05, 4.69) is 10.6 Å². The summed E-state index contributed by atoms with van der Waals surface area (Å²) in [4.78, 5) is 11.6. The second kappa shape index (κ2) is 7.50. The lowest BCUT2D eigenvalue weighted by atomic mass is 10.1. The zero-order valence-corrected chi connectivity index (χ0v) is 12.2. The maximum absolute atomic E-state index is 11.6. The van der Waals surface area contributed by atoms with Crippen LogP contribution in [0.25, 0.3) is 0 Å². The summed E-state index contributed by atoms with van der Waals surface area (Å²) in [6.07, 6.45) is 4.38. The third kappa shape index (κ3) is 4.69. The molecule has 1 fully saturated rings. The summed E-state index contributed by atoms with van der Waals surface area (Å²) in [6.45, 7) is 0.437. The van der Waals surface area contributed by atoms with Gasteiger partial charge in [-0.2, -0.15) is 0 Å². The van der Waals surface area contributed by atoms with E-state index >= 15 is 0 Å². The van der Waals surface area contributed by atoms with Crippen LogP contribution in [0.3, 0.4) is 0 Å². The van der Waals surface area contributed by atoms with Gasteiger partial charge in [0.1, 0.15) is 0 Å². The lowest BCUT2D eigenvalue weighted by Crippen LogP contribution is -2.41. The zero-order chi connectivity index (χ0) is 14.4. The summed E-state index contributed by atoms with van der Waals surface area (Å²) in [5, 5.41) is 16.3. The van der Waals surface area contributed by atoms with Crippen molar-refractivity contribution in [3.63, 3.8) is 0 Å². The van der Waals surface area contributed by atoms with Crippen LogP contribution in [0.2, 0.25) is 5.02 Å². The molecule has 20 heavy (non-hydrogen) atoms. The molecule has 1 atom stereocenters. The fourth-order valence-corrected chi connectivity index (χ4v) is 2.71. The van der Waals surface area contributed by atoms with Crippen molar-refractivity contribution in [2.24, 2.45) is 0 Å². The molecule has 1 aliphatic rings. The number of halogens is 1. The van der Waals surface area contributed by atoms with Crippen molar-refractivity contribution in [2.45, 2.75) is 44.2 Å². The minimum absolute atomic E-state index is 0.143. The molecule has 0 unspecified atom stereocenters. The van der Waals surface area contributed by atoms with Gasteiger partial charge in [-0.05, 0) is 37.0 Å². The normalized spacial score (nSPS) is 16.9. The summed E-state index contributed by atoms with van der Waals surface area (Å²) < 4.78 is 0. The highest BCUT2D eigenvalue weighted by molar-refractivity contribution is 6.30. The Morgan fingerprint density at radius 2 is 2.15 bits per heavy atom. The molecule has 110 valence electrons. The van der Waals surface area contributed by atoms with E-state index in [0.29, 0.717) is 24.0 Å². The maximum atomic E-state index is 11.6. The molecule has 1 aliphatic carbocycles. The molecule has 3 N–H and O–H groups in total. The predicted molar refractivity (Wildman–Crippen MR) is 79.8 cm³/mol. The molecular formula is C15H21ClN2O2. The van der Waals surface area contributed by atoms with Crippen LogP contribution in [-0.2, 0) is 0 Å². The number of aliphatic hydroxyl groups is 1. The van der Waals surface area contributed by atoms with Gasteiger partial charge in [0.05, 0.1) is 6.10 Å². The number of carbonyl (C=O) groups is 1. The Kier molecular flexibility index (Phi) is 5.68. The number of carbonyl (C=O) groups excluding carboxylic acids is 1. The molecule has 0 aliphatic heterocycles. The first-order chi connectivity index (χ1) is 9.65. The second-order valence-corrected chi connectivity index (χ2v) is 5.68. The molecule has 0 spiro atoms. The summed E-state index contributed by atoms with van der Waals surface area (Å²) in [5.41, 5.74) is 0.774. The van der Waals surface area contributed by atoms with E-state index in [0.717, 1.165) is 18.4 Å². The Morgan fingerprint density at radius 3 is 2.85 bits per heavy atom. The molecule has 2 amide bonds. The zero-order valence-electron chi connectivity index (χ0n) is 11.4. The smallest absolute Gasteiger partial charge is 0.315 e. The van der Waals surface area contributed by atoms with Gasteiger partial charge in [-0.15, -0.1) is 0 Å². The number of nitrogens with one attached hydrogen (secondary N) is 2. The van der Waals surface area contributed by atoms with Crippen LogP contribution in [-0.4, -0.2) is 23.7 Å². The van der Waals surface area contributed by atoms with E-state index in [9.17, 15) is 9.90 Å². The van der Waals surface area contributed by atoms with Crippen LogP contribution in [0.4, 0.5) is 4.79 Å². The van der Waals surface area contributed by atoms with E-state index in [1.54, 1.807) is 18.2 Å². The fourth-order valence-electron chi connectivity index (χ4n) is 2.51. The average molecular weight is 297 g/mol. The summed E-state index contributed by atoms with van der Waals surface area (Å²) in [5.74, 6) is 0. The fraction of sp³-hybridized carbons (Fsp3) is 0.533. The van der Waals surface area contributed by atoms with Gasteiger partial charge in [0.25, 0.3) is 0 Å². The first kappa shape index (κ1) is 15.1. The highest BCUT2D eigenvalue weighted by atomic mass is 35.5. The van der Waals surface area contributed by atoms with Gasteiger partial charge >= 0.3 is 6.03 Å². The monoisotopic (exact) mass is 296 g/mol. The number of hydrogen-bond acceptors (Lipinski definition) is 2. The minimum atomic E-state index is -0.611. The summed E-state index contributed by atoms with van der Waals surface area (Å²) in [6, 6.07) is 7.31. The third-order valence-electron chi connectivity index (χ3n) is 3.63. The number of rotatable bonds is 5. The first-order valence-corrected chi connectivity index (χ1v) is 7.51. The van der Waals surface area contributed by atoms with Gasteiger partial charge in [0.15, 0.2) is 0 Å². The van der Waals surface area contributed by atoms with E-state index in [-0.39, 0.29) is 6.03 Å². The van der Waals surface area contributed by atoms with Crippen molar-refractivity contribution >= 4 is 17.6 Å². The SMILES string of the molecule is O=C(NCC[C@@H](O)c1cccc(Cl)c1)NC1CCCC1. The van der Waals surface area contributed by atoms with Crippen molar-refractivity contribution in [1.29, 1.82) is 0 Å². The van der Waals surface area contributed by atoms with E-state index in [1.807, 2.05) is 6.07 Å². The molecule has 1 aromatic carbocycles. The Balaban J connectivity index is 1.68. The van der Waals surface area contributed by atoms with Crippen LogP contribution in [0.1, 0.15) is 43.8 Å². The van der Waals surface area contributed by atoms with Gasteiger partial charge < -0.3 is 15.7 Å². The Labute approximate surface area is 124 Å². The first-order valence-electron chi connectivity index (χ1n) is 7.13. The minimum Gasteiger partial charge on any atom is -0.388 e. The van der Waals surface area contributed by atoms with Crippen molar-refractivity contribution in [1.82, 2.24) is 10.6 Å². The molecule has 0 bridgehead atoms. The predicted octanol–water partition coefficient (Wildman–Crippen LogP) is 3.01. The Morgan fingerprint density at radius 1 is 1.40 bits per heavy atom. The molecule has 1 saturated carbocycles. The lowest BCUT2D eigenvalue weighted by Gasteiger charge is -2.15. The summed E-state index contributed by atoms with van der Waals surface area (Å²) >= 11 is 5.88. The van der Waals surface area contributed by atoms with Gasteiger partial charge in [0.2, 0.25) is 0 Å². The van der Waals surface area contributed by atoms with Crippen molar-refractivity contribution < 1.29 is 9.90 Å². The largest absolute Gasteiger partial charge is 0.388 e. The van der Waals surface area contributed by atoms with E-state index in [1.165, 1.54) is 12.8 Å². The number of benzene rings is 1. The molecule has 0 heterocycles. The van der Waals surface area contributed by atoms with Crippen LogP contribution in [0.5, 0.6) is 0 Å².